The van der Waals surface area contributed by atoms with Gasteiger partial charge >= 0.3 is 0 Å². The Morgan fingerprint density at radius 3 is 2.09 bits per heavy atom. The molecule has 2 saturated heterocycles. The number of phenols is 1. The number of nitrogens with zero attached hydrogens (tertiary/aromatic N) is 2. The molecular weight excluding hydrogens is 700 g/mol. The second-order valence-corrected chi connectivity index (χ2v) is 14.9. The lowest BCUT2D eigenvalue weighted by atomic mass is 9.49. The van der Waals surface area contributed by atoms with Gasteiger partial charge in [0.1, 0.15) is 18.1 Å². The summed E-state index contributed by atoms with van der Waals surface area (Å²) in [6, 6.07) is 39.5. The minimum Gasteiger partial charge on any atom is -0.508 e. The lowest BCUT2D eigenvalue weighted by Crippen LogP contribution is -2.53. The summed E-state index contributed by atoms with van der Waals surface area (Å²) in [6.45, 7) is 0.283. The minimum absolute atomic E-state index is 0.107. The van der Waals surface area contributed by atoms with Crippen molar-refractivity contribution in [1.82, 2.24) is 0 Å². The highest BCUT2D eigenvalue weighted by molar-refractivity contribution is 6.32. The van der Waals surface area contributed by atoms with Gasteiger partial charge in [-0.15, -0.1) is 0 Å². The van der Waals surface area contributed by atoms with Crippen molar-refractivity contribution in [3.05, 3.63) is 167 Å². The number of amides is 4. The molecule has 2 aliphatic heterocycles. The van der Waals surface area contributed by atoms with Gasteiger partial charge in [-0.2, -0.15) is 0 Å². The third-order valence-corrected chi connectivity index (χ3v) is 12.0. The monoisotopic (exact) mass is 734 g/mol. The minimum atomic E-state index is -1.51. The third kappa shape index (κ3) is 5.11. The highest BCUT2D eigenvalue weighted by Crippen LogP contribution is 2.65. The van der Waals surface area contributed by atoms with E-state index in [0.717, 1.165) is 11.1 Å². The second kappa shape index (κ2) is 13.1. The van der Waals surface area contributed by atoms with Crippen LogP contribution in [0.15, 0.2) is 145 Å². The van der Waals surface area contributed by atoms with Crippen molar-refractivity contribution in [2.24, 2.45) is 23.7 Å². The van der Waals surface area contributed by atoms with E-state index < -0.39 is 46.8 Å². The molecule has 5 aromatic carbocycles. The molecule has 0 spiro atoms. The van der Waals surface area contributed by atoms with Crippen LogP contribution in [0.25, 0.3) is 0 Å². The van der Waals surface area contributed by atoms with Crippen molar-refractivity contribution in [3.63, 3.8) is 0 Å². The molecular formula is C45H35ClN2O6. The van der Waals surface area contributed by atoms with Gasteiger partial charge in [0.25, 0.3) is 0 Å². The van der Waals surface area contributed by atoms with Gasteiger partial charge in [-0.25, -0.2) is 4.90 Å². The molecule has 1 N–H and O–H groups in total. The van der Waals surface area contributed by atoms with E-state index in [1.165, 1.54) is 9.80 Å². The molecule has 5 aromatic rings. The molecule has 1 saturated carbocycles. The molecule has 6 atom stereocenters. The number of rotatable bonds is 7. The van der Waals surface area contributed by atoms with Crippen LogP contribution in [-0.4, -0.2) is 28.7 Å². The first-order chi connectivity index (χ1) is 26.3. The SMILES string of the molecule is O=C1[C@H]2[C@H](CC=C3[C@H]2C[C@H]2C(=O)N(c4cccc(Cl)c4)C(=O)[C@@]2(c2ccccc2)[C@H]3c2ccc(OCc3ccccc3)cc2O)C(=O)N1c1ccccc1. The standard InChI is InChI=1S/C45H35ClN2O6/c46-29-15-10-18-31(23-29)48-42(51)37-25-36-33(21-22-35-39(36)43(52)47(41(35)50)30-16-8-3-9-17-30)40(45(37,44(48)53)28-13-6-2-7-14-28)34-20-19-32(24-38(34)49)54-26-27-11-4-1-5-12-27/h1-21,23-24,35-37,39-40,49H,22,25-26H2/t35-,36+,37-,39-,40+,45+/m0/s1. The van der Waals surface area contributed by atoms with E-state index in [1.807, 2.05) is 72.8 Å². The molecule has 0 bridgehead atoms. The molecule has 9 rings (SSSR count). The maximum absolute atomic E-state index is 15.5. The van der Waals surface area contributed by atoms with Crippen molar-refractivity contribution in [1.29, 1.82) is 0 Å². The summed E-state index contributed by atoms with van der Waals surface area (Å²) in [5.41, 5.74) is 2.09. The Bertz CT molecular complexity index is 2350. The summed E-state index contributed by atoms with van der Waals surface area (Å²) < 4.78 is 6.07. The van der Waals surface area contributed by atoms with Gasteiger partial charge < -0.3 is 9.84 Å². The lowest BCUT2D eigenvalue weighted by molar-refractivity contribution is -0.127. The summed E-state index contributed by atoms with van der Waals surface area (Å²) in [4.78, 5) is 61.4. The smallest absolute Gasteiger partial charge is 0.246 e. The van der Waals surface area contributed by atoms with Gasteiger partial charge in [0, 0.05) is 22.6 Å². The first kappa shape index (κ1) is 33.8. The summed E-state index contributed by atoms with van der Waals surface area (Å²) in [7, 11) is 0. The number of carbonyl (C=O) groups is 4. The normalized spacial score (nSPS) is 25.9. The maximum Gasteiger partial charge on any atom is 0.246 e. The first-order valence-corrected chi connectivity index (χ1v) is 18.5. The van der Waals surface area contributed by atoms with Crippen LogP contribution >= 0.6 is 11.6 Å². The van der Waals surface area contributed by atoms with E-state index in [4.69, 9.17) is 16.3 Å². The number of ether oxygens (including phenoxy) is 1. The highest BCUT2D eigenvalue weighted by Gasteiger charge is 2.70. The Hall–Kier alpha value is -5.99. The van der Waals surface area contributed by atoms with E-state index in [9.17, 15) is 19.5 Å². The van der Waals surface area contributed by atoms with E-state index in [2.05, 4.69) is 0 Å². The highest BCUT2D eigenvalue weighted by atomic mass is 35.5. The average Bonchev–Trinajstić information content (AvgIpc) is 3.59. The van der Waals surface area contributed by atoms with E-state index in [-0.39, 0.29) is 37.0 Å². The van der Waals surface area contributed by atoms with Crippen LogP contribution < -0.4 is 14.5 Å². The van der Waals surface area contributed by atoms with E-state index >= 15 is 4.79 Å². The van der Waals surface area contributed by atoms with Crippen LogP contribution in [0, 0.1) is 23.7 Å². The topological polar surface area (TPSA) is 104 Å². The molecule has 3 fully saturated rings. The number of allylic oxidation sites excluding steroid dienone is 2. The Morgan fingerprint density at radius 1 is 0.704 bits per heavy atom. The molecule has 9 heteroatoms. The quantitative estimate of drug-likeness (QED) is 0.134. The van der Waals surface area contributed by atoms with Crippen molar-refractivity contribution in [3.8, 4) is 11.5 Å². The Labute approximate surface area is 317 Å². The van der Waals surface area contributed by atoms with Gasteiger partial charge in [0.15, 0.2) is 0 Å². The number of anilines is 2. The van der Waals surface area contributed by atoms with Crippen LogP contribution in [0.4, 0.5) is 11.4 Å². The molecule has 268 valence electrons. The van der Waals surface area contributed by atoms with Gasteiger partial charge in [-0.3, -0.25) is 24.1 Å². The maximum atomic E-state index is 15.5. The van der Waals surface area contributed by atoms with E-state index in [1.54, 1.807) is 66.7 Å². The Balaban J connectivity index is 1.22. The number of aromatic hydroxyl groups is 1. The lowest BCUT2D eigenvalue weighted by Gasteiger charge is -2.50. The van der Waals surface area contributed by atoms with Gasteiger partial charge in [0.2, 0.25) is 23.6 Å². The Morgan fingerprint density at radius 2 is 1.39 bits per heavy atom. The molecule has 0 radical (unpaired) electrons. The van der Waals surface area contributed by atoms with Gasteiger partial charge in [-0.1, -0.05) is 114 Å². The predicted molar refractivity (Wildman–Crippen MR) is 204 cm³/mol. The zero-order valence-corrected chi connectivity index (χ0v) is 29.8. The molecule has 4 aliphatic rings. The molecule has 54 heavy (non-hydrogen) atoms. The number of phenolic OH excluding ortho intramolecular Hbond substituents is 1. The number of halogens is 1. The molecule has 4 amide bonds. The predicted octanol–water partition coefficient (Wildman–Crippen LogP) is 7.99. The summed E-state index contributed by atoms with van der Waals surface area (Å²) in [5, 5.41) is 12.4. The molecule has 0 aromatic heterocycles. The van der Waals surface area contributed by atoms with Crippen molar-refractivity contribution >= 4 is 46.6 Å². The largest absolute Gasteiger partial charge is 0.508 e. The zero-order valence-electron chi connectivity index (χ0n) is 29.0. The summed E-state index contributed by atoms with van der Waals surface area (Å²) >= 11 is 6.43. The number of benzene rings is 5. The fourth-order valence-electron chi connectivity index (χ4n) is 9.52. The third-order valence-electron chi connectivity index (χ3n) is 11.7. The van der Waals surface area contributed by atoms with Crippen molar-refractivity contribution in [2.45, 2.75) is 30.8 Å². The molecule has 8 nitrogen and oxygen atoms in total. The van der Waals surface area contributed by atoms with Crippen molar-refractivity contribution in [2.75, 3.05) is 9.80 Å². The fraction of sp³-hybridized carbons (Fsp3) is 0.200. The van der Waals surface area contributed by atoms with Gasteiger partial charge in [0.05, 0.1) is 34.5 Å². The fourth-order valence-corrected chi connectivity index (χ4v) is 9.70. The van der Waals surface area contributed by atoms with Crippen LogP contribution in [0.5, 0.6) is 11.5 Å². The number of hydrogen-bond acceptors (Lipinski definition) is 6. The summed E-state index contributed by atoms with van der Waals surface area (Å²) in [5.74, 6) is -4.91. The van der Waals surface area contributed by atoms with E-state index in [0.29, 0.717) is 33.3 Å². The van der Waals surface area contributed by atoms with Crippen molar-refractivity contribution < 1.29 is 29.0 Å². The van der Waals surface area contributed by atoms with Crippen LogP contribution in [0.2, 0.25) is 5.02 Å². The number of imide groups is 2. The first-order valence-electron chi connectivity index (χ1n) is 18.1. The Kier molecular flexibility index (Phi) is 8.23. The van der Waals surface area contributed by atoms with Crippen LogP contribution in [0.1, 0.15) is 35.4 Å². The van der Waals surface area contributed by atoms with Crippen LogP contribution in [-0.2, 0) is 31.2 Å². The molecule has 2 aliphatic carbocycles. The average molecular weight is 735 g/mol. The number of fused-ring (bicyclic) bond motifs is 4. The van der Waals surface area contributed by atoms with Gasteiger partial charge in [-0.05, 0) is 66.3 Å². The number of carbonyl (C=O) groups excluding carboxylic acids is 4. The summed E-state index contributed by atoms with van der Waals surface area (Å²) in [6.07, 6.45) is 2.41. The number of para-hydroxylation sites is 1. The number of hydrogen-bond donors (Lipinski definition) is 1. The van der Waals surface area contributed by atoms with Crippen LogP contribution in [0.3, 0.4) is 0 Å². The molecule has 0 unspecified atom stereocenters. The zero-order chi connectivity index (χ0) is 37.1. The molecule has 2 heterocycles. The second-order valence-electron chi connectivity index (χ2n) is 14.4.